The Morgan fingerprint density at radius 2 is 1.83 bits per heavy atom. The van der Waals surface area contributed by atoms with Gasteiger partial charge in [-0.25, -0.2) is 14.4 Å². The normalized spacial score (nSPS) is 17.6. The Bertz CT molecular complexity index is 1380. The zero-order valence-corrected chi connectivity index (χ0v) is 19.3. The number of nitrogens with one attached hydrogen (secondary N) is 3. The van der Waals surface area contributed by atoms with Crippen molar-refractivity contribution in [3.8, 4) is 0 Å². The number of carbonyl (C=O) groups is 2. The summed E-state index contributed by atoms with van der Waals surface area (Å²) in [6.07, 6.45) is 5.72. The van der Waals surface area contributed by atoms with Crippen LogP contribution in [0.25, 0.3) is 10.9 Å². The number of aliphatic imine (C=N–C) groups is 1. The summed E-state index contributed by atoms with van der Waals surface area (Å²) in [7, 11) is 0. The SMILES string of the molecule is O=C(C(=O)N1CCN(C2=NCCN2c2ccccc2)CC1)c1c[nH]c2c(N3C=CNN3)ncc(F)c12. The quantitative estimate of drug-likeness (QED) is 0.370. The number of benzene rings is 1. The molecule has 0 atom stereocenters. The summed E-state index contributed by atoms with van der Waals surface area (Å²) in [5.41, 5.74) is 6.99. The highest BCUT2D eigenvalue weighted by atomic mass is 19.1. The predicted octanol–water partition coefficient (Wildman–Crippen LogP) is 1.21. The van der Waals surface area contributed by atoms with Gasteiger partial charge in [0.05, 0.1) is 29.2 Å². The number of para-hydroxylation sites is 1. The number of aromatic amines is 1. The van der Waals surface area contributed by atoms with Crippen LogP contribution in [-0.2, 0) is 4.79 Å². The molecule has 0 unspecified atom stereocenters. The first-order valence-corrected chi connectivity index (χ1v) is 11.7. The summed E-state index contributed by atoms with van der Waals surface area (Å²) in [6.45, 7) is 3.37. The van der Waals surface area contributed by atoms with Crippen LogP contribution in [0.4, 0.5) is 15.9 Å². The molecule has 6 rings (SSSR count). The molecule has 1 amide bonds. The summed E-state index contributed by atoms with van der Waals surface area (Å²) in [6, 6.07) is 10.1. The fraction of sp³-hybridized carbons (Fsp3) is 0.250. The van der Waals surface area contributed by atoms with Crippen LogP contribution in [0.15, 0.2) is 60.1 Å². The van der Waals surface area contributed by atoms with Crippen LogP contribution < -0.4 is 20.9 Å². The zero-order valence-electron chi connectivity index (χ0n) is 19.3. The first kappa shape index (κ1) is 22.0. The molecule has 184 valence electrons. The van der Waals surface area contributed by atoms with Gasteiger partial charge >= 0.3 is 0 Å². The van der Waals surface area contributed by atoms with Gasteiger partial charge in [-0.2, -0.15) is 0 Å². The number of nitrogens with zero attached hydrogens (tertiary/aromatic N) is 6. The minimum atomic E-state index is -0.752. The molecule has 1 fully saturated rings. The van der Waals surface area contributed by atoms with E-state index >= 15 is 0 Å². The molecule has 11 nitrogen and oxygen atoms in total. The van der Waals surface area contributed by atoms with Crippen LogP contribution in [-0.4, -0.2) is 76.7 Å². The van der Waals surface area contributed by atoms with Crippen LogP contribution in [0.2, 0.25) is 0 Å². The van der Waals surface area contributed by atoms with Gasteiger partial charge < -0.3 is 25.1 Å². The van der Waals surface area contributed by atoms with Crippen LogP contribution in [0, 0.1) is 5.82 Å². The molecule has 3 N–H and O–H groups in total. The number of hydrogen-bond donors (Lipinski definition) is 3. The third kappa shape index (κ3) is 3.71. The van der Waals surface area contributed by atoms with Crippen molar-refractivity contribution in [2.75, 3.05) is 49.2 Å². The lowest BCUT2D eigenvalue weighted by Gasteiger charge is -2.38. The first-order chi connectivity index (χ1) is 17.6. The number of amides is 1. The molecular weight excluding hydrogens is 465 g/mol. The molecule has 5 heterocycles. The molecule has 1 aromatic carbocycles. The number of ketones is 1. The molecule has 1 saturated heterocycles. The van der Waals surface area contributed by atoms with Crippen LogP contribution in [0.5, 0.6) is 0 Å². The number of guanidine groups is 1. The van der Waals surface area contributed by atoms with Gasteiger partial charge in [-0.1, -0.05) is 18.2 Å². The second-order valence-electron chi connectivity index (χ2n) is 8.60. The van der Waals surface area contributed by atoms with Gasteiger partial charge in [0.25, 0.3) is 11.7 Å². The average molecular weight is 490 g/mol. The minimum absolute atomic E-state index is 0.00913. The summed E-state index contributed by atoms with van der Waals surface area (Å²) >= 11 is 0. The van der Waals surface area contributed by atoms with E-state index in [-0.39, 0.29) is 10.9 Å². The topological polar surface area (TPSA) is 112 Å². The Labute approximate surface area is 205 Å². The van der Waals surface area contributed by atoms with Crippen molar-refractivity contribution >= 4 is 40.1 Å². The van der Waals surface area contributed by atoms with E-state index in [0.717, 1.165) is 24.4 Å². The molecular formula is C24H24FN9O2. The van der Waals surface area contributed by atoms with Crippen molar-refractivity contribution in [1.82, 2.24) is 30.7 Å². The third-order valence-corrected chi connectivity index (χ3v) is 6.54. The van der Waals surface area contributed by atoms with Gasteiger partial charge in [-0.05, 0) is 12.1 Å². The zero-order chi connectivity index (χ0) is 24.6. The van der Waals surface area contributed by atoms with Crippen LogP contribution >= 0.6 is 0 Å². The largest absolute Gasteiger partial charge is 0.357 e. The van der Waals surface area contributed by atoms with Gasteiger partial charge in [0.1, 0.15) is 0 Å². The molecule has 0 spiro atoms. The Kier molecular flexibility index (Phi) is 5.49. The van der Waals surface area contributed by atoms with Crippen LogP contribution in [0.1, 0.15) is 10.4 Å². The summed E-state index contributed by atoms with van der Waals surface area (Å²) in [4.78, 5) is 43.8. The van der Waals surface area contributed by atoms with E-state index in [2.05, 4.69) is 35.7 Å². The summed E-state index contributed by atoms with van der Waals surface area (Å²) in [5.74, 6) is -0.821. The Balaban J connectivity index is 1.17. The lowest BCUT2D eigenvalue weighted by molar-refractivity contribution is -0.127. The van der Waals surface area contributed by atoms with Crippen molar-refractivity contribution in [3.05, 3.63) is 66.5 Å². The third-order valence-electron chi connectivity index (χ3n) is 6.54. The number of carbonyl (C=O) groups excluding carboxylic acids is 2. The fourth-order valence-electron chi connectivity index (χ4n) is 4.76. The number of hydrazine groups is 2. The molecule has 12 heteroatoms. The van der Waals surface area contributed by atoms with Gasteiger partial charge in [-0.15, -0.1) is 5.53 Å². The van der Waals surface area contributed by atoms with E-state index in [1.165, 1.54) is 16.1 Å². The van der Waals surface area contributed by atoms with Crippen molar-refractivity contribution in [2.45, 2.75) is 0 Å². The highest BCUT2D eigenvalue weighted by Gasteiger charge is 2.33. The molecule has 0 saturated carbocycles. The second-order valence-corrected chi connectivity index (χ2v) is 8.60. The number of fused-ring (bicyclic) bond motifs is 1. The average Bonchev–Trinajstić information content (AvgIpc) is 3.70. The second kappa shape index (κ2) is 8.96. The molecule has 0 bridgehead atoms. The highest BCUT2D eigenvalue weighted by molar-refractivity contribution is 6.45. The number of anilines is 2. The monoisotopic (exact) mass is 489 g/mol. The lowest BCUT2D eigenvalue weighted by Crippen LogP contribution is -2.54. The van der Waals surface area contributed by atoms with E-state index in [1.807, 2.05) is 30.3 Å². The number of H-pyrrole nitrogens is 1. The maximum atomic E-state index is 14.8. The fourth-order valence-corrected chi connectivity index (χ4v) is 4.76. The number of halogens is 1. The van der Waals surface area contributed by atoms with Crippen molar-refractivity contribution in [3.63, 3.8) is 0 Å². The predicted molar refractivity (Wildman–Crippen MR) is 133 cm³/mol. The number of piperazine rings is 1. The van der Waals surface area contributed by atoms with E-state index in [9.17, 15) is 14.0 Å². The number of pyridine rings is 1. The smallest absolute Gasteiger partial charge is 0.295 e. The van der Waals surface area contributed by atoms with E-state index in [0.29, 0.717) is 44.1 Å². The molecule has 36 heavy (non-hydrogen) atoms. The maximum absolute atomic E-state index is 14.8. The molecule has 0 radical (unpaired) electrons. The molecule has 2 aromatic heterocycles. The van der Waals surface area contributed by atoms with Crippen LogP contribution in [0.3, 0.4) is 0 Å². The Morgan fingerprint density at radius 1 is 1.03 bits per heavy atom. The lowest BCUT2D eigenvalue weighted by atomic mass is 10.1. The number of hydrogen-bond acceptors (Lipinski definition) is 9. The number of Topliss-reactive ketones (excluding diaryl/α,β-unsaturated/α-hetero) is 1. The molecule has 3 aromatic rings. The highest BCUT2D eigenvalue weighted by Crippen LogP contribution is 2.29. The number of aromatic nitrogens is 2. The van der Waals surface area contributed by atoms with E-state index < -0.39 is 17.5 Å². The number of rotatable bonds is 4. The standard InChI is InChI=1S/C24H24FN9O2/c25-18-15-28-22(34-9-7-29-30-34)20-19(18)17(14-27-20)21(35)23(36)31-10-12-32(13-11-31)24-26-6-8-33(24)16-4-2-1-3-5-16/h1-5,7,9,14-15,27,29-30H,6,8,10-13H2. The molecule has 3 aliphatic heterocycles. The van der Waals surface area contributed by atoms with E-state index in [4.69, 9.17) is 0 Å². The van der Waals surface area contributed by atoms with Gasteiger partial charge in [0.2, 0.25) is 5.96 Å². The summed E-state index contributed by atoms with van der Waals surface area (Å²) in [5, 5.41) is 1.58. The summed E-state index contributed by atoms with van der Waals surface area (Å²) < 4.78 is 14.8. The minimum Gasteiger partial charge on any atom is -0.357 e. The van der Waals surface area contributed by atoms with Gasteiger partial charge in [0.15, 0.2) is 11.6 Å². The van der Waals surface area contributed by atoms with Crippen molar-refractivity contribution in [2.24, 2.45) is 4.99 Å². The van der Waals surface area contributed by atoms with Crippen molar-refractivity contribution < 1.29 is 14.0 Å². The maximum Gasteiger partial charge on any atom is 0.295 e. The van der Waals surface area contributed by atoms with E-state index in [1.54, 1.807) is 12.4 Å². The van der Waals surface area contributed by atoms with Gasteiger partial charge in [0, 0.05) is 57.0 Å². The Hall–Kier alpha value is -4.45. The molecule has 3 aliphatic rings. The Morgan fingerprint density at radius 3 is 2.58 bits per heavy atom. The first-order valence-electron chi connectivity index (χ1n) is 11.7. The molecule has 0 aliphatic carbocycles. The van der Waals surface area contributed by atoms with Crippen molar-refractivity contribution in [1.29, 1.82) is 0 Å². The van der Waals surface area contributed by atoms with Gasteiger partial charge in [-0.3, -0.25) is 14.6 Å².